The third-order valence-corrected chi connectivity index (χ3v) is 4.58. The molecule has 1 saturated carbocycles. The summed E-state index contributed by atoms with van der Waals surface area (Å²) in [6.45, 7) is 5.84. The monoisotopic (exact) mass is 281 g/mol. The van der Waals surface area contributed by atoms with Gasteiger partial charge < -0.3 is 15.2 Å². The fourth-order valence-corrected chi connectivity index (χ4v) is 3.07. The van der Waals surface area contributed by atoms with E-state index in [-0.39, 0.29) is 6.04 Å². The zero-order chi connectivity index (χ0) is 13.6. The molecule has 0 radical (unpaired) electrons. The van der Waals surface area contributed by atoms with E-state index in [0.29, 0.717) is 29.6 Å². The number of fused-ring (bicyclic) bond motifs is 1. The molecule has 0 saturated heterocycles. The van der Waals surface area contributed by atoms with Gasteiger partial charge in [0.05, 0.1) is 13.2 Å². The quantitative estimate of drug-likeness (QED) is 0.902. The maximum atomic E-state index is 6.37. The SMILES string of the molecule is CC1(C)CC1C(N)c1cc2c(cc1Cl)OCCCO2. The van der Waals surface area contributed by atoms with E-state index in [4.69, 9.17) is 26.8 Å². The van der Waals surface area contributed by atoms with Crippen molar-refractivity contribution >= 4 is 11.6 Å². The van der Waals surface area contributed by atoms with Crippen molar-refractivity contribution in [2.24, 2.45) is 17.1 Å². The Balaban J connectivity index is 1.92. The van der Waals surface area contributed by atoms with Crippen LogP contribution < -0.4 is 15.2 Å². The third kappa shape index (κ3) is 2.41. The van der Waals surface area contributed by atoms with E-state index in [1.165, 1.54) is 0 Å². The highest BCUT2D eigenvalue weighted by atomic mass is 35.5. The Kier molecular flexibility index (Phi) is 3.14. The van der Waals surface area contributed by atoms with Crippen molar-refractivity contribution in [3.8, 4) is 11.5 Å². The molecule has 4 heteroatoms. The zero-order valence-corrected chi connectivity index (χ0v) is 12.2. The average molecular weight is 282 g/mol. The van der Waals surface area contributed by atoms with Gasteiger partial charge in [-0.2, -0.15) is 0 Å². The maximum Gasteiger partial charge on any atom is 0.162 e. The van der Waals surface area contributed by atoms with Crippen molar-refractivity contribution in [1.82, 2.24) is 0 Å². The molecule has 2 N–H and O–H groups in total. The Morgan fingerprint density at radius 1 is 1.26 bits per heavy atom. The molecule has 1 fully saturated rings. The predicted octanol–water partition coefficient (Wildman–Crippen LogP) is 3.55. The molecular weight excluding hydrogens is 262 g/mol. The van der Waals surface area contributed by atoms with Crippen LogP contribution in [0.1, 0.15) is 38.3 Å². The molecule has 0 aromatic heterocycles. The Morgan fingerprint density at radius 3 is 2.42 bits per heavy atom. The lowest BCUT2D eigenvalue weighted by Crippen LogP contribution is -2.16. The first-order valence-corrected chi connectivity index (χ1v) is 7.21. The minimum Gasteiger partial charge on any atom is -0.490 e. The van der Waals surface area contributed by atoms with Crippen molar-refractivity contribution in [2.75, 3.05) is 13.2 Å². The van der Waals surface area contributed by atoms with Gasteiger partial charge in [-0.15, -0.1) is 0 Å². The summed E-state index contributed by atoms with van der Waals surface area (Å²) in [7, 11) is 0. The summed E-state index contributed by atoms with van der Waals surface area (Å²) in [5, 5.41) is 0.680. The summed E-state index contributed by atoms with van der Waals surface area (Å²) in [4.78, 5) is 0. The standard InChI is InChI=1S/C15H20ClNO2/c1-15(2)8-10(15)14(17)9-6-12-13(7-11(9)16)19-5-3-4-18-12/h6-7,10,14H,3-5,8,17H2,1-2H3. The number of nitrogens with two attached hydrogens (primary N) is 1. The molecule has 1 aromatic carbocycles. The molecule has 2 atom stereocenters. The Morgan fingerprint density at radius 2 is 1.84 bits per heavy atom. The molecule has 1 aliphatic heterocycles. The molecule has 2 unspecified atom stereocenters. The number of hydrogen-bond acceptors (Lipinski definition) is 3. The first kappa shape index (κ1) is 13.1. The second-order valence-electron chi connectivity index (χ2n) is 6.20. The van der Waals surface area contributed by atoms with Gasteiger partial charge in [0.15, 0.2) is 11.5 Å². The number of hydrogen-bond donors (Lipinski definition) is 1. The molecule has 19 heavy (non-hydrogen) atoms. The molecule has 1 heterocycles. The molecule has 3 rings (SSSR count). The lowest BCUT2D eigenvalue weighted by molar-refractivity contribution is 0.297. The van der Waals surface area contributed by atoms with E-state index >= 15 is 0 Å². The van der Waals surface area contributed by atoms with E-state index in [2.05, 4.69) is 13.8 Å². The highest BCUT2D eigenvalue weighted by Gasteiger charge is 2.49. The van der Waals surface area contributed by atoms with Gasteiger partial charge in [-0.25, -0.2) is 0 Å². The van der Waals surface area contributed by atoms with Crippen LogP contribution >= 0.6 is 11.6 Å². The minimum absolute atomic E-state index is 0.0281. The molecule has 104 valence electrons. The van der Waals surface area contributed by atoms with Gasteiger partial charge in [-0.05, 0) is 29.4 Å². The number of rotatable bonds is 2. The van der Waals surface area contributed by atoms with Crippen LogP contribution in [0.15, 0.2) is 12.1 Å². The van der Waals surface area contributed by atoms with Crippen LogP contribution in [-0.4, -0.2) is 13.2 Å². The van der Waals surface area contributed by atoms with E-state index in [1.54, 1.807) is 0 Å². The van der Waals surface area contributed by atoms with Crippen LogP contribution in [0, 0.1) is 11.3 Å². The summed E-state index contributed by atoms with van der Waals surface area (Å²) in [5.41, 5.74) is 7.67. The largest absolute Gasteiger partial charge is 0.490 e. The van der Waals surface area contributed by atoms with Crippen LogP contribution in [0.2, 0.25) is 5.02 Å². The molecular formula is C15H20ClNO2. The Hall–Kier alpha value is -0.930. The van der Waals surface area contributed by atoms with Crippen molar-refractivity contribution in [3.63, 3.8) is 0 Å². The van der Waals surface area contributed by atoms with Gasteiger partial charge in [-0.3, -0.25) is 0 Å². The fourth-order valence-electron chi connectivity index (χ4n) is 2.79. The summed E-state index contributed by atoms with van der Waals surface area (Å²) in [6.07, 6.45) is 2.04. The van der Waals surface area contributed by atoms with Gasteiger partial charge in [0.1, 0.15) is 0 Å². The zero-order valence-electron chi connectivity index (χ0n) is 11.4. The van der Waals surface area contributed by atoms with Crippen molar-refractivity contribution in [1.29, 1.82) is 0 Å². The van der Waals surface area contributed by atoms with Gasteiger partial charge in [0.25, 0.3) is 0 Å². The average Bonchev–Trinajstić information content (AvgIpc) is 3.04. The minimum atomic E-state index is -0.0281. The molecule has 0 amide bonds. The van der Waals surface area contributed by atoms with Crippen LogP contribution in [0.4, 0.5) is 0 Å². The first-order valence-electron chi connectivity index (χ1n) is 6.84. The van der Waals surface area contributed by atoms with Crippen molar-refractivity contribution < 1.29 is 9.47 Å². The lowest BCUT2D eigenvalue weighted by atomic mass is 9.97. The van der Waals surface area contributed by atoms with Crippen LogP contribution in [0.3, 0.4) is 0 Å². The highest BCUT2D eigenvalue weighted by molar-refractivity contribution is 6.31. The van der Waals surface area contributed by atoms with E-state index in [9.17, 15) is 0 Å². The molecule has 1 aromatic rings. The van der Waals surface area contributed by atoms with E-state index < -0.39 is 0 Å². The maximum absolute atomic E-state index is 6.37. The van der Waals surface area contributed by atoms with Crippen LogP contribution in [0.5, 0.6) is 11.5 Å². The van der Waals surface area contributed by atoms with Crippen LogP contribution in [-0.2, 0) is 0 Å². The topological polar surface area (TPSA) is 44.5 Å². The number of halogens is 1. The summed E-state index contributed by atoms with van der Waals surface area (Å²) < 4.78 is 11.3. The summed E-state index contributed by atoms with van der Waals surface area (Å²) in [6, 6.07) is 3.77. The predicted molar refractivity (Wildman–Crippen MR) is 75.9 cm³/mol. The Bertz CT molecular complexity index is 501. The molecule has 3 nitrogen and oxygen atoms in total. The van der Waals surface area contributed by atoms with E-state index in [1.807, 2.05) is 12.1 Å². The highest BCUT2D eigenvalue weighted by Crippen LogP contribution is 2.58. The van der Waals surface area contributed by atoms with Crippen LogP contribution in [0.25, 0.3) is 0 Å². The van der Waals surface area contributed by atoms with Gasteiger partial charge in [0.2, 0.25) is 0 Å². The van der Waals surface area contributed by atoms with Gasteiger partial charge in [0, 0.05) is 23.6 Å². The Labute approximate surface area is 119 Å². The summed E-state index contributed by atoms with van der Waals surface area (Å²) in [5.74, 6) is 1.99. The normalized spacial score (nSPS) is 25.6. The second kappa shape index (κ2) is 4.57. The lowest BCUT2D eigenvalue weighted by Gasteiger charge is -2.18. The smallest absolute Gasteiger partial charge is 0.162 e. The van der Waals surface area contributed by atoms with Crippen molar-refractivity contribution in [2.45, 2.75) is 32.7 Å². The fraction of sp³-hybridized carbons (Fsp3) is 0.600. The molecule has 0 spiro atoms. The first-order chi connectivity index (χ1) is 8.99. The third-order valence-electron chi connectivity index (χ3n) is 4.25. The molecule has 0 bridgehead atoms. The molecule has 1 aliphatic carbocycles. The van der Waals surface area contributed by atoms with Gasteiger partial charge >= 0.3 is 0 Å². The summed E-state index contributed by atoms with van der Waals surface area (Å²) >= 11 is 6.36. The van der Waals surface area contributed by atoms with E-state index in [0.717, 1.165) is 29.9 Å². The van der Waals surface area contributed by atoms with Crippen molar-refractivity contribution in [3.05, 3.63) is 22.7 Å². The molecule has 2 aliphatic rings. The van der Waals surface area contributed by atoms with Gasteiger partial charge in [-0.1, -0.05) is 25.4 Å². The number of ether oxygens (including phenoxy) is 2. The second-order valence-corrected chi connectivity index (χ2v) is 6.60. The number of benzene rings is 1.